The summed E-state index contributed by atoms with van der Waals surface area (Å²) in [7, 11) is -3.61. The minimum absolute atomic E-state index is 0.136. The Kier molecular flexibility index (Phi) is 4.21. The highest BCUT2D eigenvalue weighted by Crippen LogP contribution is 2.17. The number of rotatable bonds is 3. The topological polar surface area (TPSA) is 81.4 Å². The van der Waals surface area contributed by atoms with Gasteiger partial charge in [-0.3, -0.25) is 0 Å². The van der Waals surface area contributed by atoms with Gasteiger partial charge in [0, 0.05) is 24.9 Å². The van der Waals surface area contributed by atoms with Crippen LogP contribution in [0.3, 0.4) is 0 Å². The predicted octanol–water partition coefficient (Wildman–Crippen LogP) is 1.31. The summed E-state index contributed by atoms with van der Waals surface area (Å²) in [5.41, 5.74) is 0.911. The Hall–Kier alpha value is -1.11. The van der Waals surface area contributed by atoms with E-state index >= 15 is 0 Å². The summed E-state index contributed by atoms with van der Waals surface area (Å²) < 4.78 is 27.6. The van der Waals surface area contributed by atoms with Gasteiger partial charge in [-0.1, -0.05) is 0 Å². The number of anilines is 1. The number of primary sulfonamides is 1. The van der Waals surface area contributed by atoms with Crippen molar-refractivity contribution in [1.29, 1.82) is 0 Å². The van der Waals surface area contributed by atoms with Crippen LogP contribution in [0.1, 0.15) is 19.3 Å². The van der Waals surface area contributed by atoms with E-state index in [1.54, 1.807) is 12.1 Å². The van der Waals surface area contributed by atoms with Crippen LogP contribution in [0.4, 0.5) is 5.69 Å². The van der Waals surface area contributed by atoms with Crippen LogP contribution in [-0.2, 0) is 14.8 Å². The molecule has 1 aromatic rings. The van der Waals surface area contributed by atoms with Crippen LogP contribution >= 0.6 is 0 Å². The summed E-state index contributed by atoms with van der Waals surface area (Å²) >= 11 is 0. The lowest BCUT2D eigenvalue weighted by Gasteiger charge is -2.17. The normalized spacial score (nSPS) is 21.3. The first-order chi connectivity index (χ1) is 8.55. The lowest BCUT2D eigenvalue weighted by atomic mass is 10.1. The van der Waals surface area contributed by atoms with Crippen LogP contribution in [0, 0.1) is 0 Å². The molecule has 0 amide bonds. The number of hydrogen-bond acceptors (Lipinski definition) is 4. The van der Waals surface area contributed by atoms with Crippen molar-refractivity contribution in [1.82, 2.24) is 0 Å². The summed E-state index contributed by atoms with van der Waals surface area (Å²) in [5, 5.41) is 8.43. The molecule has 1 unspecified atom stereocenters. The lowest BCUT2D eigenvalue weighted by molar-refractivity contribution is 0.144. The average molecular weight is 270 g/mol. The van der Waals surface area contributed by atoms with Gasteiger partial charge < -0.3 is 10.1 Å². The van der Waals surface area contributed by atoms with E-state index in [2.05, 4.69) is 5.32 Å². The van der Waals surface area contributed by atoms with Gasteiger partial charge in [-0.15, -0.1) is 0 Å². The molecule has 0 saturated carbocycles. The van der Waals surface area contributed by atoms with Crippen LogP contribution in [-0.4, -0.2) is 27.7 Å². The van der Waals surface area contributed by atoms with E-state index in [4.69, 9.17) is 9.88 Å². The molecular formula is C12H18N2O3S. The van der Waals surface area contributed by atoms with Gasteiger partial charge >= 0.3 is 0 Å². The highest BCUT2D eigenvalue weighted by Gasteiger charge is 2.12. The minimum Gasteiger partial charge on any atom is -0.382 e. The number of sulfonamides is 1. The molecule has 1 aliphatic rings. The first-order valence-electron chi connectivity index (χ1n) is 6.03. The molecule has 1 saturated heterocycles. The molecule has 0 aromatic heterocycles. The van der Waals surface area contributed by atoms with Gasteiger partial charge in [-0.2, -0.15) is 0 Å². The Bertz CT molecular complexity index is 477. The van der Waals surface area contributed by atoms with Crippen molar-refractivity contribution >= 4 is 15.7 Å². The smallest absolute Gasteiger partial charge is 0.238 e. The largest absolute Gasteiger partial charge is 0.382 e. The van der Waals surface area contributed by atoms with Crippen molar-refractivity contribution in [3.63, 3.8) is 0 Å². The van der Waals surface area contributed by atoms with Crippen LogP contribution in [0.25, 0.3) is 0 Å². The van der Waals surface area contributed by atoms with Gasteiger partial charge in [-0.25, -0.2) is 13.6 Å². The second-order valence-corrected chi connectivity index (χ2v) is 6.02. The molecule has 0 spiro atoms. The molecule has 6 heteroatoms. The quantitative estimate of drug-likeness (QED) is 0.867. The molecule has 5 nitrogen and oxygen atoms in total. The van der Waals surface area contributed by atoms with Crippen molar-refractivity contribution < 1.29 is 13.2 Å². The van der Waals surface area contributed by atoms with Gasteiger partial charge in [0.1, 0.15) is 0 Å². The molecule has 3 N–H and O–H groups in total. The van der Waals surface area contributed by atoms with Crippen molar-refractivity contribution in [2.75, 3.05) is 18.5 Å². The Balaban J connectivity index is 2.01. The summed E-state index contributed by atoms with van der Waals surface area (Å²) in [5.74, 6) is 0. The maximum Gasteiger partial charge on any atom is 0.238 e. The summed E-state index contributed by atoms with van der Waals surface area (Å²) in [6.07, 6.45) is 3.08. The van der Waals surface area contributed by atoms with E-state index < -0.39 is 10.0 Å². The zero-order valence-corrected chi connectivity index (χ0v) is 10.9. The van der Waals surface area contributed by atoms with E-state index in [1.165, 1.54) is 12.1 Å². The number of hydrogen-bond donors (Lipinski definition) is 2. The predicted molar refractivity (Wildman–Crippen MR) is 69.9 cm³/mol. The third kappa shape index (κ3) is 3.69. The zero-order valence-electron chi connectivity index (χ0n) is 10.1. The summed E-state index contributed by atoms with van der Waals surface area (Å²) in [4.78, 5) is 0.136. The highest BCUT2D eigenvalue weighted by molar-refractivity contribution is 7.89. The molecule has 18 heavy (non-hydrogen) atoms. The van der Waals surface area contributed by atoms with Crippen LogP contribution in [0.15, 0.2) is 29.2 Å². The highest BCUT2D eigenvalue weighted by atomic mass is 32.2. The fourth-order valence-corrected chi connectivity index (χ4v) is 2.54. The molecule has 100 valence electrons. The Morgan fingerprint density at radius 1 is 1.17 bits per heavy atom. The second kappa shape index (κ2) is 5.69. The van der Waals surface area contributed by atoms with Gasteiger partial charge in [0.25, 0.3) is 0 Å². The second-order valence-electron chi connectivity index (χ2n) is 4.45. The van der Waals surface area contributed by atoms with E-state index in [9.17, 15) is 8.42 Å². The average Bonchev–Trinajstić information content (AvgIpc) is 2.57. The Morgan fingerprint density at radius 3 is 2.56 bits per heavy atom. The standard InChI is InChI=1S/C12H18N2O3S/c13-18(15,16)12-5-3-11(4-6-12)14-10-2-1-8-17-9-7-10/h3-6,10,14H,1-2,7-9H2,(H2,13,15,16). The molecule has 1 atom stereocenters. The maximum atomic E-state index is 11.1. The van der Waals surface area contributed by atoms with Crippen molar-refractivity contribution in [3.05, 3.63) is 24.3 Å². The van der Waals surface area contributed by atoms with E-state index in [-0.39, 0.29) is 4.90 Å². The van der Waals surface area contributed by atoms with Crippen LogP contribution < -0.4 is 10.5 Å². The Morgan fingerprint density at radius 2 is 1.89 bits per heavy atom. The molecule has 0 bridgehead atoms. The van der Waals surface area contributed by atoms with Gasteiger partial charge in [0.15, 0.2) is 0 Å². The van der Waals surface area contributed by atoms with Crippen molar-refractivity contribution in [3.8, 4) is 0 Å². The van der Waals surface area contributed by atoms with Gasteiger partial charge in [0.2, 0.25) is 10.0 Å². The van der Waals surface area contributed by atoms with Crippen molar-refractivity contribution in [2.45, 2.75) is 30.2 Å². The molecular weight excluding hydrogens is 252 g/mol. The number of nitrogens with two attached hydrogens (primary N) is 1. The van der Waals surface area contributed by atoms with E-state index in [0.29, 0.717) is 6.04 Å². The molecule has 1 aromatic carbocycles. The number of ether oxygens (including phenoxy) is 1. The van der Waals surface area contributed by atoms with Crippen LogP contribution in [0.5, 0.6) is 0 Å². The summed E-state index contributed by atoms with van der Waals surface area (Å²) in [6, 6.07) is 6.90. The fourth-order valence-electron chi connectivity index (χ4n) is 2.02. The minimum atomic E-state index is -3.61. The molecule has 0 aliphatic carbocycles. The fraction of sp³-hybridized carbons (Fsp3) is 0.500. The zero-order chi connectivity index (χ0) is 13.0. The molecule has 0 radical (unpaired) electrons. The first kappa shape index (κ1) is 13.3. The van der Waals surface area contributed by atoms with E-state index in [1.807, 2.05) is 0 Å². The molecule has 1 fully saturated rings. The lowest BCUT2D eigenvalue weighted by Crippen LogP contribution is -2.19. The third-order valence-electron chi connectivity index (χ3n) is 3.01. The first-order valence-corrected chi connectivity index (χ1v) is 7.57. The molecule has 1 heterocycles. The van der Waals surface area contributed by atoms with Gasteiger partial charge in [-0.05, 0) is 43.5 Å². The molecule has 2 rings (SSSR count). The summed E-state index contributed by atoms with van der Waals surface area (Å²) in [6.45, 7) is 1.59. The number of benzene rings is 1. The number of nitrogens with one attached hydrogen (secondary N) is 1. The van der Waals surface area contributed by atoms with E-state index in [0.717, 1.165) is 38.2 Å². The van der Waals surface area contributed by atoms with Gasteiger partial charge in [0.05, 0.1) is 4.90 Å². The SMILES string of the molecule is NS(=O)(=O)c1ccc(NC2CCCOCC2)cc1. The monoisotopic (exact) mass is 270 g/mol. The third-order valence-corrected chi connectivity index (χ3v) is 3.93. The molecule has 1 aliphatic heterocycles. The van der Waals surface area contributed by atoms with Crippen molar-refractivity contribution in [2.24, 2.45) is 5.14 Å². The Labute approximate surface area is 107 Å². The van der Waals surface area contributed by atoms with Crippen LogP contribution in [0.2, 0.25) is 0 Å². The maximum absolute atomic E-state index is 11.1.